The van der Waals surface area contributed by atoms with Gasteiger partial charge in [-0.15, -0.1) is 0 Å². The van der Waals surface area contributed by atoms with Gasteiger partial charge in [-0.1, -0.05) is 11.6 Å². The number of halogens is 1. The first kappa shape index (κ1) is 17.1. The zero-order valence-corrected chi connectivity index (χ0v) is 13.7. The number of amides is 1. The quantitative estimate of drug-likeness (QED) is 0.646. The van der Waals surface area contributed by atoms with Crippen LogP contribution in [-0.4, -0.2) is 35.1 Å². The summed E-state index contributed by atoms with van der Waals surface area (Å²) in [6.07, 6.45) is 2.15. The van der Waals surface area contributed by atoms with Gasteiger partial charge in [0.05, 0.1) is 18.1 Å². The van der Waals surface area contributed by atoms with Gasteiger partial charge in [0.1, 0.15) is 11.1 Å². The van der Waals surface area contributed by atoms with E-state index >= 15 is 0 Å². The SMILES string of the molecule is O=C(Nc1ccc(Cl)c([N+](=O)[O-])c1)c1ccnc(OC2CCOC2)c1. The number of hydrogen-bond donors (Lipinski definition) is 1. The number of nitro benzene ring substituents is 1. The zero-order valence-electron chi connectivity index (χ0n) is 13.0. The van der Waals surface area contributed by atoms with Gasteiger partial charge < -0.3 is 14.8 Å². The molecule has 1 N–H and O–H groups in total. The highest BCUT2D eigenvalue weighted by Gasteiger charge is 2.19. The normalized spacial score (nSPS) is 16.4. The molecule has 1 fully saturated rings. The number of carbonyl (C=O) groups is 1. The van der Waals surface area contributed by atoms with Crippen molar-refractivity contribution in [3.63, 3.8) is 0 Å². The van der Waals surface area contributed by atoms with E-state index in [1.165, 1.54) is 36.5 Å². The first-order chi connectivity index (χ1) is 12.0. The molecule has 130 valence electrons. The van der Waals surface area contributed by atoms with E-state index in [1.54, 1.807) is 0 Å². The summed E-state index contributed by atoms with van der Waals surface area (Å²) in [6, 6.07) is 7.09. The molecule has 0 spiro atoms. The van der Waals surface area contributed by atoms with E-state index in [0.29, 0.717) is 24.7 Å². The molecule has 1 aliphatic rings. The molecule has 0 radical (unpaired) electrons. The van der Waals surface area contributed by atoms with Crippen molar-refractivity contribution < 1.29 is 19.2 Å². The van der Waals surface area contributed by atoms with Crippen LogP contribution in [0.3, 0.4) is 0 Å². The Labute approximate surface area is 147 Å². The van der Waals surface area contributed by atoms with Crippen LogP contribution in [0.2, 0.25) is 5.02 Å². The number of anilines is 1. The highest BCUT2D eigenvalue weighted by molar-refractivity contribution is 6.32. The van der Waals surface area contributed by atoms with Crippen LogP contribution in [0.25, 0.3) is 0 Å². The topological polar surface area (TPSA) is 104 Å². The number of carbonyl (C=O) groups excluding carboxylic acids is 1. The van der Waals surface area contributed by atoms with Crippen molar-refractivity contribution in [1.29, 1.82) is 0 Å². The van der Waals surface area contributed by atoms with Gasteiger partial charge in [-0.2, -0.15) is 0 Å². The molecule has 9 heteroatoms. The molecule has 1 atom stereocenters. The van der Waals surface area contributed by atoms with Gasteiger partial charge in [0, 0.05) is 36.0 Å². The van der Waals surface area contributed by atoms with E-state index in [0.717, 1.165) is 6.42 Å². The number of aromatic nitrogens is 1. The first-order valence-corrected chi connectivity index (χ1v) is 7.86. The van der Waals surface area contributed by atoms with Crippen molar-refractivity contribution in [3.8, 4) is 5.88 Å². The summed E-state index contributed by atoms with van der Waals surface area (Å²) in [6.45, 7) is 1.13. The van der Waals surface area contributed by atoms with Crippen LogP contribution in [0.5, 0.6) is 5.88 Å². The number of rotatable bonds is 5. The van der Waals surface area contributed by atoms with Crippen LogP contribution < -0.4 is 10.1 Å². The number of pyridine rings is 1. The molecule has 2 heterocycles. The third kappa shape index (κ3) is 4.23. The third-order valence-corrected chi connectivity index (χ3v) is 3.89. The minimum Gasteiger partial charge on any atom is -0.472 e. The van der Waals surface area contributed by atoms with E-state index in [9.17, 15) is 14.9 Å². The van der Waals surface area contributed by atoms with E-state index in [1.807, 2.05) is 0 Å². The first-order valence-electron chi connectivity index (χ1n) is 7.48. The number of nitrogens with zero attached hydrogens (tertiary/aromatic N) is 2. The predicted octanol–water partition coefficient (Wildman–Crippen LogP) is 3.06. The molecule has 1 aromatic heterocycles. The molecule has 0 saturated carbocycles. The highest BCUT2D eigenvalue weighted by atomic mass is 35.5. The van der Waals surface area contributed by atoms with Crippen molar-refractivity contribution in [2.24, 2.45) is 0 Å². The summed E-state index contributed by atoms with van der Waals surface area (Å²) in [5.74, 6) is -0.114. The Morgan fingerprint density at radius 1 is 1.40 bits per heavy atom. The Kier molecular flexibility index (Phi) is 5.11. The summed E-state index contributed by atoms with van der Waals surface area (Å²) >= 11 is 5.76. The number of hydrogen-bond acceptors (Lipinski definition) is 6. The van der Waals surface area contributed by atoms with Gasteiger partial charge >= 0.3 is 0 Å². The lowest BCUT2D eigenvalue weighted by Gasteiger charge is -2.11. The molecular formula is C16H14ClN3O5. The Morgan fingerprint density at radius 2 is 2.24 bits per heavy atom. The molecule has 1 saturated heterocycles. The Balaban J connectivity index is 1.72. The highest BCUT2D eigenvalue weighted by Crippen LogP contribution is 2.27. The second kappa shape index (κ2) is 7.45. The van der Waals surface area contributed by atoms with Crippen LogP contribution in [0.15, 0.2) is 36.5 Å². The minimum absolute atomic E-state index is 0.00128. The molecular weight excluding hydrogens is 350 g/mol. The van der Waals surface area contributed by atoms with E-state index in [2.05, 4.69) is 10.3 Å². The molecule has 25 heavy (non-hydrogen) atoms. The van der Waals surface area contributed by atoms with E-state index in [4.69, 9.17) is 21.1 Å². The van der Waals surface area contributed by atoms with Crippen LogP contribution in [0.4, 0.5) is 11.4 Å². The molecule has 1 aromatic carbocycles. The maximum Gasteiger partial charge on any atom is 0.289 e. The van der Waals surface area contributed by atoms with Crippen LogP contribution in [0.1, 0.15) is 16.8 Å². The fourth-order valence-electron chi connectivity index (χ4n) is 2.33. The lowest BCUT2D eigenvalue weighted by Crippen LogP contribution is -2.17. The number of benzene rings is 1. The Bertz CT molecular complexity index is 808. The van der Waals surface area contributed by atoms with Gasteiger partial charge in [0.2, 0.25) is 5.88 Å². The Morgan fingerprint density at radius 3 is 2.96 bits per heavy atom. The molecule has 0 bridgehead atoms. The molecule has 1 unspecified atom stereocenters. The van der Waals surface area contributed by atoms with Gasteiger partial charge in [0.15, 0.2) is 0 Å². The number of nitro groups is 1. The minimum atomic E-state index is -0.611. The van der Waals surface area contributed by atoms with Crippen molar-refractivity contribution in [3.05, 3.63) is 57.2 Å². The summed E-state index contributed by atoms with van der Waals surface area (Å²) in [5, 5.41) is 13.5. The van der Waals surface area contributed by atoms with Crippen LogP contribution >= 0.6 is 11.6 Å². The van der Waals surface area contributed by atoms with E-state index in [-0.39, 0.29) is 22.5 Å². The van der Waals surface area contributed by atoms with Gasteiger partial charge in [-0.25, -0.2) is 4.98 Å². The Hall–Kier alpha value is -2.71. The van der Waals surface area contributed by atoms with Gasteiger partial charge in [0.25, 0.3) is 11.6 Å². The fraction of sp³-hybridized carbons (Fsp3) is 0.250. The maximum absolute atomic E-state index is 12.3. The largest absolute Gasteiger partial charge is 0.472 e. The molecule has 2 aromatic rings. The van der Waals surface area contributed by atoms with Gasteiger partial charge in [-0.05, 0) is 18.2 Å². The summed E-state index contributed by atoms with van der Waals surface area (Å²) in [4.78, 5) is 26.7. The summed E-state index contributed by atoms with van der Waals surface area (Å²) < 4.78 is 10.9. The lowest BCUT2D eigenvalue weighted by molar-refractivity contribution is -0.384. The smallest absolute Gasteiger partial charge is 0.289 e. The molecule has 3 rings (SSSR count). The second-order valence-electron chi connectivity index (χ2n) is 5.36. The van der Waals surface area contributed by atoms with Crippen molar-refractivity contribution in [1.82, 2.24) is 4.98 Å². The third-order valence-electron chi connectivity index (χ3n) is 3.57. The second-order valence-corrected chi connectivity index (χ2v) is 5.77. The number of ether oxygens (including phenoxy) is 2. The molecule has 8 nitrogen and oxygen atoms in total. The standard InChI is InChI=1S/C16H14ClN3O5/c17-13-2-1-11(8-14(13)20(22)23)19-16(21)10-3-5-18-15(7-10)25-12-4-6-24-9-12/h1-3,5,7-8,12H,4,6,9H2,(H,19,21). The van der Waals surface area contributed by atoms with Gasteiger partial charge in [-0.3, -0.25) is 14.9 Å². The molecule has 0 aliphatic carbocycles. The molecule has 1 aliphatic heterocycles. The average molecular weight is 364 g/mol. The van der Waals surface area contributed by atoms with Crippen molar-refractivity contribution >= 4 is 28.9 Å². The van der Waals surface area contributed by atoms with Crippen molar-refractivity contribution in [2.45, 2.75) is 12.5 Å². The number of nitrogens with one attached hydrogen (secondary N) is 1. The molecule has 1 amide bonds. The lowest BCUT2D eigenvalue weighted by atomic mass is 10.2. The van der Waals surface area contributed by atoms with E-state index < -0.39 is 10.8 Å². The van der Waals surface area contributed by atoms with Crippen molar-refractivity contribution in [2.75, 3.05) is 18.5 Å². The zero-order chi connectivity index (χ0) is 17.8. The summed E-state index contributed by atoms with van der Waals surface area (Å²) in [7, 11) is 0. The average Bonchev–Trinajstić information content (AvgIpc) is 3.09. The monoisotopic (exact) mass is 363 g/mol. The van der Waals surface area contributed by atoms with Crippen LogP contribution in [-0.2, 0) is 4.74 Å². The maximum atomic E-state index is 12.3. The predicted molar refractivity (Wildman–Crippen MR) is 90.1 cm³/mol. The fourth-order valence-corrected chi connectivity index (χ4v) is 2.51. The summed E-state index contributed by atoms with van der Waals surface area (Å²) in [5.41, 5.74) is 0.311. The van der Waals surface area contributed by atoms with Crippen LogP contribution in [0, 0.1) is 10.1 Å².